The Morgan fingerprint density at radius 3 is 2.71 bits per heavy atom. The minimum absolute atomic E-state index is 0.0672. The zero-order chi connectivity index (χ0) is 15.0. The summed E-state index contributed by atoms with van der Waals surface area (Å²) >= 11 is 0. The largest absolute Gasteiger partial charge is 0.508 e. The Balaban J connectivity index is 2.13. The number of hydrogen-bond acceptors (Lipinski definition) is 3. The summed E-state index contributed by atoms with van der Waals surface area (Å²) in [6.07, 6.45) is 4.27. The van der Waals surface area contributed by atoms with Crippen molar-refractivity contribution in [3.8, 4) is 5.75 Å². The number of aromatic hydroxyl groups is 1. The van der Waals surface area contributed by atoms with Gasteiger partial charge in [-0.25, -0.2) is 4.98 Å². The minimum atomic E-state index is -0.0672. The molecule has 108 valence electrons. The van der Waals surface area contributed by atoms with Gasteiger partial charge >= 0.3 is 0 Å². The van der Waals surface area contributed by atoms with E-state index in [1.54, 1.807) is 24.5 Å². The van der Waals surface area contributed by atoms with E-state index in [-0.39, 0.29) is 11.3 Å². The van der Waals surface area contributed by atoms with E-state index in [2.05, 4.69) is 30.3 Å². The molecule has 0 aliphatic carbocycles. The van der Waals surface area contributed by atoms with E-state index in [0.717, 1.165) is 22.4 Å². The maximum Gasteiger partial charge on any atom is 0.115 e. The van der Waals surface area contributed by atoms with Gasteiger partial charge in [0.05, 0.1) is 11.7 Å². The van der Waals surface area contributed by atoms with Gasteiger partial charge in [-0.05, 0) is 44.5 Å². The number of nitrogens with zero attached hydrogens (tertiary/aromatic N) is 3. The molecule has 0 aliphatic heterocycles. The lowest BCUT2D eigenvalue weighted by molar-refractivity contribution is 0.396. The average Bonchev–Trinajstić information content (AvgIpc) is 2.76. The molecule has 3 aromatic rings. The molecule has 0 spiro atoms. The molecule has 2 heterocycles. The standard InChI is InChI=1S/C17H19N3O/c1-17(2,3)20-15-7-8-18-11-14(15)19-16(20)10-12-5-4-6-13(21)9-12/h4-9,11,21H,10H2,1-3H3. The Morgan fingerprint density at radius 2 is 2.00 bits per heavy atom. The van der Waals surface area contributed by atoms with Gasteiger partial charge in [0.15, 0.2) is 0 Å². The summed E-state index contributed by atoms with van der Waals surface area (Å²) in [5.74, 6) is 1.27. The summed E-state index contributed by atoms with van der Waals surface area (Å²) in [5.41, 5.74) is 2.97. The van der Waals surface area contributed by atoms with E-state index in [4.69, 9.17) is 4.98 Å². The summed E-state index contributed by atoms with van der Waals surface area (Å²) in [6.45, 7) is 6.50. The van der Waals surface area contributed by atoms with Crippen molar-refractivity contribution in [1.29, 1.82) is 0 Å². The SMILES string of the molecule is CC(C)(C)n1c(Cc2cccc(O)c2)nc2cnccc21. The van der Waals surface area contributed by atoms with Gasteiger partial charge < -0.3 is 9.67 Å². The third kappa shape index (κ3) is 2.61. The molecule has 0 aliphatic rings. The van der Waals surface area contributed by atoms with Crippen LogP contribution in [0, 0.1) is 0 Å². The third-order valence-corrected chi connectivity index (χ3v) is 3.47. The molecule has 4 nitrogen and oxygen atoms in total. The maximum atomic E-state index is 9.62. The van der Waals surface area contributed by atoms with Gasteiger partial charge in [-0.15, -0.1) is 0 Å². The van der Waals surface area contributed by atoms with Crippen LogP contribution in [0.4, 0.5) is 0 Å². The normalized spacial score (nSPS) is 12.0. The molecular weight excluding hydrogens is 262 g/mol. The van der Waals surface area contributed by atoms with E-state index in [0.29, 0.717) is 6.42 Å². The first kappa shape index (κ1) is 13.6. The molecule has 1 aromatic carbocycles. The van der Waals surface area contributed by atoms with Crippen LogP contribution < -0.4 is 0 Å². The predicted octanol–water partition coefficient (Wildman–Crippen LogP) is 3.48. The van der Waals surface area contributed by atoms with Crippen LogP contribution in [-0.4, -0.2) is 19.6 Å². The molecule has 3 rings (SSSR count). The number of fused-ring (bicyclic) bond motifs is 1. The second kappa shape index (κ2) is 4.88. The van der Waals surface area contributed by atoms with Crippen LogP contribution in [0.15, 0.2) is 42.7 Å². The highest BCUT2D eigenvalue weighted by Gasteiger charge is 2.21. The van der Waals surface area contributed by atoms with Crippen molar-refractivity contribution >= 4 is 11.0 Å². The first-order valence-corrected chi connectivity index (χ1v) is 7.05. The number of phenolic OH excluding ortho intramolecular Hbond substituents is 1. The summed E-state index contributed by atoms with van der Waals surface area (Å²) in [6, 6.07) is 9.32. The first-order valence-electron chi connectivity index (χ1n) is 7.05. The maximum absolute atomic E-state index is 9.62. The second-order valence-electron chi connectivity index (χ2n) is 6.25. The van der Waals surface area contributed by atoms with Crippen LogP contribution >= 0.6 is 0 Å². The van der Waals surface area contributed by atoms with Gasteiger partial charge in [0.2, 0.25) is 0 Å². The molecule has 0 radical (unpaired) electrons. The average molecular weight is 281 g/mol. The molecule has 0 bridgehead atoms. The molecule has 0 saturated heterocycles. The Labute approximate surface area is 124 Å². The predicted molar refractivity (Wildman–Crippen MR) is 83.4 cm³/mol. The molecular formula is C17H19N3O. The lowest BCUT2D eigenvalue weighted by Gasteiger charge is -2.24. The van der Waals surface area contributed by atoms with Crippen LogP contribution in [-0.2, 0) is 12.0 Å². The van der Waals surface area contributed by atoms with E-state index in [9.17, 15) is 5.11 Å². The molecule has 2 aromatic heterocycles. The Hall–Kier alpha value is -2.36. The lowest BCUT2D eigenvalue weighted by Crippen LogP contribution is -2.24. The number of aromatic nitrogens is 3. The third-order valence-electron chi connectivity index (χ3n) is 3.47. The number of hydrogen-bond donors (Lipinski definition) is 1. The van der Waals surface area contributed by atoms with Crippen LogP contribution in [0.3, 0.4) is 0 Å². The molecule has 0 unspecified atom stereocenters. The van der Waals surface area contributed by atoms with Crippen LogP contribution in [0.2, 0.25) is 0 Å². The molecule has 1 N–H and O–H groups in total. The molecule has 0 fully saturated rings. The minimum Gasteiger partial charge on any atom is -0.508 e. The summed E-state index contributed by atoms with van der Waals surface area (Å²) < 4.78 is 2.24. The van der Waals surface area contributed by atoms with Crippen LogP contribution in [0.25, 0.3) is 11.0 Å². The van der Waals surface area contributed by atoms with Crippen molar-refractivity contribution in [2.24, 2.45) is 0 Å². The van der Waals surface area contributed by atoms with E-state index in [1.165, 1.54) is 0 Å². The van der Waals surface area contributed by atoms with Crippen LogP contribution in [0.5, 0.6) is 5.75 Å². The highest BCUT2D eigenvalue weighted by Crippen LogP contribution is 2.26. The highest BCUT2D eigenvalue weighted by atomic mass is 16.3. The monoisotopic (exact) mass is 281 g/mol. The van der Waals surface area contributed by atoms with Gasteiger partial charge in [0.25, 0.3) is 0 Å². The molecule has 4 heteroatoms. The van der Waals surface area contributed by atoms with Crippen molar-refractivity contribution < 1.29 is 5.11 Å². The number of phenols is 1. The Bertz CT molecular complexity index is 784. The van der Waals surface area contributed by atoms with E-state index < -0.39 is 0 Å². The fraction of sp³-hybridized carbons (Fsp3) is 0.294. The molecule has 21 heavy (non-hydrogen) atoms. The number of benzene rings is 1. The van der Waals surface area contributed by atoms with Crippen molar-refractivity contribution in [1.82, 2.24) is 14.5 Å². The van der Waals surface area contributed by atoms with Crippen molar-refractivity contribution in [3.63, 3.8) is 0 Å². The zero-order valence-corrected chi connectivity index (χ0v) is 12.5. The van der Waals surface area contributed by atoms with Crippen molar-refractivity contribution in [2.75, 3.05) is 0 Å². The topological polar surface area (TPSA) is 50.9 Å². The van der Waals surface area contributed by atoms with Gasteiger partial charge in [-0.3, -0.25) is 4.98 Å². The summed E-state index contributed by atoms with van der Waals surface area (Å²) in [4.78, 5) is 8.88. The van der Waals surface area contributed by atoms with Crippen molar-refractivity contribution in [3.05, 3.63) is 54.1 Å². The fourth-order valence-electron chi connectivity index (χ4n) is 2.70. The number of pyridine rings is 1. The quantitative estimate of drug-likeness (QED) is 0.782. The second-order valence-corrected chi connectivity index (χ2v) is 6.25. The fourth-order valence-corrected chi connectivity index (χ4v) is 2.70. The Kier molecular flexibility index (Phi) is 3.16. The highest BCUT2D eigenvalue weighted by molar-refractivity contribution is 5.75. The van der Waals surface area contributed by atoms with Gasteiger partial charge in [0, 0.05) is 18.2 Å². The van der Waals surface area contributed by atoms with Gasteiger partial charge in [-0.2, -0.15) is 0 Å². The van der Waals surface area contributed by atoms with Gasteiger partial charge in [0.1, 0.15) is 17.1 Å². The molecule has 0 amide bonds. The smallest absolute Gasteiger partial charge is 0.115 e. The van der Waals surface area contributed by atoms with E-state index in [1.807, 2.05) is 18.2 Å². The number of rotatable bonds is 2. The van der Waals surface area contributed by atoms with Crippen molar-refractivity contribution in [2.45, 2.75) is 32.7 Å². The summed E-state index contributed by atoms with van der Waals surface area (Å²) in [7, 11) is 0. The molecule has 0 saturated carbocycles. The summed E-state index contributed by atoms with van der Waals surface area (Å²) in [5, 5.41) is 9.62. The van der Waals surface area contributed by atoms with Gasteiger partial charge in [-0.1, -0.05) is 12.1 Å². The zero-order valence-electron chi connectivity index (χ0n) is 12.5. The Morgan fingerprint density at radius 1 is 1.19 bits per heavy atom. The van der Waals surface area contributed by atoms with Crippen LogP contribution in [0.1, 0.15) is 32.2 Å². The number of imidazole rings is 1. The lowest BCUT2D eigenvalue weighted by atomic mass is 10.1. The van der Waals surface area contributed by atoms with E-state index >= 15 is 0 Å². The first-order chi connectivity index (χ1) is 9.95. The molecule has 0 atom stereocenters.